The molecule has 0 saturated carbocycles. The number of rotatable bonds is 1. The summed E-state index contributed by atoms with van der Waals surface area (Å²) in [5.74, 6) is 0. The van der Waals surface area contributed by atoms with Crippen molar-refractivity contribution in [1.82, 2.24) is 0 Å². The van der Waals surface area contributed by atoms with Gasteiger partial charge in [-0.15, -0.1) is 0 Å². The predicted octanol–water partition coefficient (Wildman–Crippen LogP) is 4.87. The topological polar surface area (TPSA) is 60.7 Å². The summed E-state index contributed by atoms with van der Waals surface area (Å²) in [7, 11) is 0. The third-order valence-corrected chi connectivity index (χ3v) is 6.65. The zero-order valence-corrected chi connectivity index (χ0v) is 18.1. The minimum atomic E-state index is -2.02. The van der Waals surface area contributed by atoms with Gasteiger partial charge in [-0.25, -0.2) is 0 Å². The Morgan fingerprint density at radius 2 is 1.05 bits per heavy atom. The summed E-state index contributed by atoms with van der Waals surface area (Å²) >= 11 is -2.02. The second kappa shape index (κ2) is 12.5. The van der Waals surface area contributed by atoms with Gasteiger partial charge >= 0.3 is 64.7 Å². The average molecular weight is 353 g/mol. The van der Waals surface area contributed by atoms with E-state index >= 15 is 0 Å². The second-order valence-corrected chi connectivity index (χ2v) is 22.1. The van der Waals surface area contributed by atoms with Crippen LogP contribution in [-0.2, 0) is 15.3 Å². The molecule has 22 heavy (non-hydrogen) atoms. The van der Waals surface area contributed by atoms with Crippen LogP contribution < -0.4 is 0 Å². The van der Waals surface area contributed by atoms with E-state index in [4.69, 9.17) is 15.3 Å². The first-order valence-electron chi connectivity index (χ1n) is 8.21. The number of hydrogen-bond acceptors (Lipinski definition) is 3. The van der Waals surface area contributed by atoms with E-state index in [1.807, 2.05) is 0 Å². The van der Waals surface area contributed by atoms with Gasteiger partial charge < -0.3 is 15.3 Å². The van der Waals surface area contributed by atoms with Gasteiger partial charge in [-0.05, 0) is 41.5 Å². The molecule has 0 radical (unpaired) electrons. The van der Waals surface area contributed by atoms with E-state index in [0.29, 0.717) is 0 Å². The van der Waals surface area contributed by atoms with Crippen LogP contribution in [0.4, 0.5) is 0 Å². The summed E-state index contributed by atoms with van der Waals surface area (Å²) in [5, 5.41) is 34.0. The van der Waals surface area contributed by atoms with E-state index in [1.165, 1.54) is 6.42 Å². The third-order valence-electron chi connectivity index (χ3n) is 2.06. The van der Waals surface area contributed by atoms with Crippen LogP contribution in [-0.4, -0.2) is 33.6 Å². The fraction of sp³-hybridized carbons (Fsp3) is 0.778. The second-order valence-electron chi connectivity index (χ2n) is 8.61. The Balaban J connectivity index is -0.000000253. The molecule has 0 aromatic carbocycles. The molecule has 0 aromatic rings. The van der Waals surface area contributed by atoms with Crippen molar-refractivity contribution >= 4 is 0 Å². The van der Waals surface area contributed by atoms with E-state index in [0.717, 1.165) is 0 Å². The normalized spacial score (nSPS) is 14.9. The molecule has 0 fully saturated rings. The van der Waals surface area contributed by atoms with Crippen LogP contribution in [0.15, 0.2) is 22.1 Å². The van der Waals surface area contributed by atoms with Crippen LogP contribution in [0.2, 0.25) is 20.9 Å². The Morgan fingerprint density at radius 1 is 0.773 bits per heavy atom. The summed E-state index contributed by atoms with van der Waals surface area (Å²) in [6.07, 6.45) is 7.49. The molecular formula is C18H41O3Ti. The van der Waals surface area contributed by atoms with Gasteiger partial charge in [0.05, 0.1) is 0 Å². The molecule has 0 atom stereocenters. The van der Waals surface area contributed by atoms with Gasteiger partial charge in [0, 0.05) is 18.3 Å². The number of aliphatic hydroxyl groups is 3. The minimum absolute atomic E-state index is 0.167. The van der Waals surface area contributed by atoms with Gasteiger partial charge in [-0.2, -0.15) is 0 Å². The maximum absolute atomic E-state index is 8.06. The van der Waals surface area contributed by atoms with Gasteiger partial charge in [-0.3, -0.25) is 0 Å². The van der Waals surface area contributed by atoms with Crippen LogP contribution in [0, 0.1) is 0 Å². The Morgan fingerprint density at radius 3 is 1.14 bits per heavy atom. The fourth-order valence-electron chi connectivity index (χ4n) is 1.19. The summed E-state index contributed by atoms with van der Waals surface area (Å²) in [5.41, 5.74) is 0. The van der Waals surface area contributed by atoms with E-state index in [1.54, 1.807) is 45.4 Å². The zero-order chi connectivity index (χ0) is 18.6. The molecule has 1 aliphatic carbocycles. The summed E-state index contributed by atoms with van der Waals surface area (Å²) < 4.78 is 1.72. The van der Waals surface area contributed by atoms with E-state index in [2.05, 4.69) is 39.1 Å². The zero-order valence-electron chi connectivity index (χ0n) is 16.5. The maximum atomic E-state index is 8.06. The van der Waals surface area contributed by atoms with Gasteiger partial charge in [0.15, 0.2) is 0 Å². The molecule has 0 bridgehead atoms. The number of hydrogen-bond donors (Lipinski definition) is 3. The monoisotopic (exact) mass is 353 g/mol. The van der Waals surface area contributed by atoms with E-state index in [-0.39, 0.29) is 18.3 Å². The van der Waals surface area contributed by atoms with Gasteiger partial charge in [0.25, 0.3) is 0 Å². The van der Waals surface area contributed by atoms with E-state index < -0.39 is 15.3 Å². The van der Waals surface area contributed by atoms with Crippen molar-refractivity contribution in [2.24, 2.45) is 0 Å². The van der Waals surface area contributed by atoms with Crippen LogP contribution in [0.25, 0.3) is 0 Å². The van der Waals surface area contributed by atoms with Crippen molar-refractivity contribution in [3.63, 3.8) is 0 Å². The first-order chi connectivity index (χ1) is 9.56. The molecule has 0 aromatic heterocycles. The molecule has 4 heteroatoms. The first kappa shape index (κ1) is 26.9. The Bertz CT molecular complexity index is 289. The molecular weight excluding hydrogens is 312 g/mol. The Labute approximate surface area is 140 Å². The van der Waals surface area contributed by atoms with Gasteiger partial charge in [-0.1, -0.05) is 0 Å². The molecule has 0 heterocycles. The molecule has 0 saturated heterocycles. The first-order valence-corrected chi connectivity index (χ1v) is 15.2. The van der Waals surface area contributed by atoms with Crippen molar-refractivity contribution < 1.29 is 30.6 Å². The predicted molar refractivity (Wildman–Crippen MR) is 97.4 cm³/mol. The van der Waals surface area contributed by atoms with Crippen molar-refractivity contribution in [3.8, 4) is 0 Å². The summed E-state index contributed by atoms with van der Waals surface area (Å²) in [4.78, 5) is 0. The van der Waals surface area contributed by atoms with Crippen LogP contribution in [0.1, 0.15) is 48.0 Å². The quantitative estimate of drug-likeness (QED) is 0.589. The molecule has 3 nitrogen and oxygen atoms in total. The molecule has 3 N–H and O–H groups in total. The van der Waals surface area contributed by atoms with Crippen LogP contribution >= 0.6 is 0 Å². The van der Waals surface area contributed by atoms with Crippen molar-refractivity contribution in [2.45, 2.75) is 87.2 Å². The molecule has 0 aliphatic heterocycles. The van der Waals surface area contributed by atoms with Crippen LogP contribution in [0.5, 0.6) is 0 Å². The van der Waals surface area contributed by atoms with Gasteiger partial charge in [0.1, 0.15) is 0 Å². The Hall–Kier alpha value is 0.0743. The van der Waals surface area contributed by atoms with Crippen molar-refractivity contribution in [1.29, 1.82) is 0 Å². The molecule has 135 valence electrons. The molecule has 0 amide bonds. The summed E-state index contributed by atoms with van der Waals surface area (Å²) in [6.45, 7) is 10.3. The van der Waals surface area contributed by atoms with Crippen LogP contribution in [0.3, 0.4) is 0 Å². The van der Waals surface area contributed by atoms with Crippen molar-refractivity contribution in [2.75, 3.05) is 0 Å². The third kappa shape index (κ3) is 32.1. The van der Waals surface area contributed by atoms with Crippen molar-refractivity contribution in [3.05, 3.63) is 22.1 Å². The van der Waals surface area contributed by atoms with E-state index in [9.17, 15) is 0 Å². The fourth-order valence-corrected chi connectivity index (χ4v) is 3.84. The molecule has 1 aliphatic rings. The SMILES string of the molecule is CC(C)O.CC(C)O.CC(C)O.[CH3][Ti]([CH3])([CH3])([CH3])[C]1=CC=CC1. The summed E-state index contributed by atoms with van der Waals surface area (Å²) in [6, 6.07) is 0. The standard InChI is InChI=1S/C5H5.3C3H8O.4CH3.Ti/c1-2-4-5-3-1;3*1-3(2)4;;;;;/h1-3H,4H2;3*3-4H,1-2H3;4*1H3;. The van der Waals surface area contributed by atoms with Gasteiger partial charge in [0.2, 0.25) is 0 Å². The molecule has 0 spiro atoms. The Kier molecular flexibility index (Phi) is 15.3. The number of aliphatic hydroxyl groups excluding tert-OH is 3. The molecule has 1 rings (SSSR count). The molecule has 0 unspecified atom stereocenters. The average Bonchev–Trinajstić information content (AvgIpc) is 2.63. The number of allylic oxidation sites excluding steroid dienone is 4.